The van der Waals surface area contributed by atoms with E-state index >= 15 is 0 Å². The molecule has 0 bridgehead atoms. The minimum Gasteiger partial charge on any atom is -0.462 e. The molecular formula is C66H108O6. The lowest BCUT2D eigenvalue weighted by Crippen LogP contribution is -2.30. The quantitative estimate of drug-likeness (QED) is 0.0261. The molecule has 0 fully saturated rings. The molecule has 0 heterocycles. The van der Waals surface area contributed by atoms with Crippen molar-refractivity contribution in [1.82, 2.24) is 0 Å². The highest BCUT2D eigenvalue weighted by Crippen LogP contribution is 2.16. The number of rotatable bonds is 52. The Morgan fingerprint density at radius 3 is 0.861 bits per heavy atom. The summed E-state index contributed by atoms with van der Waals surface area (Å²) in [6.45, 7) is 6.43. The van der Waals surface area contributed by atoms with Crippen LogP contribution in [0.3, 0.4) is 0 Å². The molecule has 0 aliphatic rings. The van der Waals surface area contributed by atoms with Crippen LogP contribution in [0.4, 0.5) is 0 Å². The van der Waals surface area contributed by atoms with Crippen LogP contribution in [0.15, 0.2) is 122 Å². The normalized spacial score (nSPS) is 13.0. The fraction of sp³-hybridized carbons (Fsp3) is 0.652. The van der Waals surface area contributed by atoms with Gasteiger partial charge in [0.05, 0.1) is 0 Å². The van der Waals surface area contributed by atoms with Crippen LogP contribution >= 0.6 is 0 Å². The highest BCUT2D eigenvalue weighted by atomic mass is 16.6. The highest BCUT2D eigenvalue weighted by molar-refractivity contribution is 5.71. The summed E-state index contributed by atoms with van der Waals surface area (Å²) in [6, 6.07) is 0. The zero-order valence-corrected chi connectivity index (χ0v) is 46.7. The number of hydrogen-bond donors (Lipinski definition) is 0. The number of esters is 3. The second-order valence-electron chi connectivity index (χ2n) is 19.4. The van der Waals surface area contributed by atoms with E-state index in [1.165, 1.54) is 122 Å². The summed E-state index contributed by atoms with van der Waals surface area (Å²) in [4.78, 5) is 38.2. The number of allylic oxidation sites excluding steroid dienone is 20. The van der Waals surface area contributed by atoms with E-state index in [1.54, 1.807) is 0 Å². The van der Waals surface area contributed by atoms with Crippen molar-refractivity contribution in [3.05, 3.63) is 122 Å². The standard InChI is InChI=1S/C66H108O6/c1-4-7-10-13-16-19-22-25-28-31-33-36-38-41-44-47-50-53-56-59-65(68)71-62-63(61-70-64(67)58-55-52-49-46-43-40-37-34-30-27-24-21-18-15-12-9-6-3)72-66(69)60-57-54-51-48-45-42-39-35-32-29-26-23-20-17-14-11-8-5-2/h7,10,13,16,19,22-23,25-26,28-29,31-33,35-36,38-39,41,44,63H,4-6,8-9,11-12,14-15,17-18,20-21,24,27,30,34,37,40,42-43,45-62H2,1-3H3/b10-7-,16-13-,22-19-,26-23-,28-25-,32-29-,33-31+,38-36-,39-35-,44-41-. The van der Waals surface area contributed by atoms with Crippen LogP contribution in [-0.2, 0) is 28.6 Å². The fourth-order valence-corrected chi connectivity index (χ4v) is 8.02. The molecule has 0 aromatic carbocycles. The van der Waals surface area contributed by atoms with Gasteiger partial charge in [-0.1, -0.05) is 296 Å². The number of carbonyl (C=O) groups excluding carboxylic acids is 3. The molecule has 0 N–H and O–H groups in total. The smallest absolute Gasteiger partial charge is 0.306 e. The van der Waals surface area contributed by atoms with Crippen molar-refractivity contribution in [2.75, 3.05) is 13.2 Å². The Bertz CT molecular complexity index is 1520. The third kappa shape index (κ3) is 56.7. The van der Waals surface area contributed by atoms with Crippen molar-refractivity contribution >= 4 is 17.9 Å². The Morgan fingerprint density at radius 1 is 0.292 bits per heavy atom. The van der Waals surface area contributed by atoms with Gasteiger partial charge in [-0.25, -0.2) is 0 Å². The molecule has 0 amide bonds. The van der Waals surface area contributed by atoms with Gasteiger partial charge in [0.25, 0.3) is 0 Å². The molecule has 6 nitrogen and oxygen atoms in total. The van der Waals surface area contributed by atoms with E-state index in [0.29, 0.717) is 19.3 Å². The van der Waals surface area contributed by atoms with Crippen LogP contribution in [0.1, 0.15) is 258 Å². The van der Waals surface area contributed by atoms with E-state index in [1.807, 2.05) is 72.9 Å². The number of hydrogen-bond acceptors (Lipinski definition) is 6. The van der Waals surface area contributed by atoms with Gasteiger partial charge in [-0.2, -0.15) is 0 Å². The molecule has 408 valence electrons. The van der Waals surface area contributed by atoms with E-state index in [2.05, 4.69) is 69.4 Å². The molecule has 1 atom stereocenters. The number of carbonyl (C=O) groups is 3. The van der Waals surface area contributed by atoms with Gasteiger partial charge in [-0.05, 0) is 64.2 Å². The van der Waals surface area contributed by atoms with E-state index in [4.69, 9.17) is 14.2 Å². The molecule has 0 spiro atoms. The lowest BCUT2D eigenvalue weighted by atomic mass is 10.0. The minimum atomic E-state index is -0.811. The minimum absolute atomic E-state index is 0.102. The first-order valence-corrected chi connectivity index (χ1v) is 29.7. The van der Waals surface area contributed by atoms with Gasteiger partial charge in [0, 0.05) is 19.3 Å². The highest BCUT2D eigenvalue weighted by Gasteiger charge is 2.19. The summed E-state index contributed by atoms with van der Waals surface area (Å²) in [5.74, 6) is -0.966. The van der Waals surface area contributed by atoms with Gasteiger partial charge in [-0.3, -0.25) is 14.4 Å². The molecule has 0 aromatic heterocycles. The molecule has 0 radical (unpaired) electrons. The molecule has 1 unspecified atom stereocenters. The average molecular weight is 998 g/mol. The summed E-state index contributed by atoms with van der Waals surface area (Å²) in [5.41, 5.74) is 0. The van der Waals surface area contributed by atoms with E-state index in [9.17, 15) is 14.4 Å². The maximum absolute atomic E-state index is 12.9. The topological polar surface area (TPSA) is 78.9 Å². The Labute approximate surface area is 443 Å². The molecule has 0 rings (SSSR count). The number of unbranched alkanes of at least 4 members (excludes halogenated alkanes) is 29. The lowest BCUT2D eigenvalue weighted by molar-refractivity contribution is -0.167. The molecule has 6 heteroatoms. The van der Waals surface area contributed by atoms with Crippen molar-refractivity contribution in [2.24, 2.45) is 0 Å². The third-order valence-corrected chi connectivity index (χ3v) is 12.5. The van der Waals surface area contributed by atoms with Crippen LogP contribution in [-0.4, -0.2) is 37.2 Å². The zero-order chi connectivity index (χ0) is 52.2. The maximum atomic E-state index is 12.9. The zero-order valence-electron chi connectivity index (χ0n) is 46.7. The SMILES string of the molecule is CC\C=C/C=C\C=C/C=C\C=C\C=C/C=C\CCCCCC(=O)OCC(COC(=O)CCCCCCCCCCCCCCCCCCC)OC(=O)CCCCCCC\C=C/C=C\C=C/CCCCCCC. The van der Waals surface area contributed by atoms with Crippen LogP contribution in [0.2, 0.25) is 0 Å². The first-order chi connectivity index (χ1) is 35.5. The van der Waals surface area contributed by atoms with Gasteiger partial charge < -0.3 is 14.2 Å². The predicted octanol–water partition coefficient (Wildman–Crippen LogP) is 20.0. The maximum Gasteiger partial charge on any atom is 0.306 e. The van der Waals surface area contributed by atoms with Crippen LogP contribution < -0.4 is 0 Å². The van der Waals surface area contributed by atoms with Crippen molar-refractivity contribution in [2.45, 2.75) is 264 Å². The molecule has 0 aliphatic heterocycles. The van der Waals surface area contributed by atoms with Gasteiger partial charge in [0.2, 0.25) is 0 Å². The molecule has 0 aromatic rings. The molecule has 0 aliphatic carbocycles. The molecule has 0 saturated heterocycles. The van der Waals surface area contributed by atoms with Crippen LogP contribution in [0.25, 0.3) is 0 Å². The summed E-state index contributed by atoms with van der Waals surface area (Å²) in [7, 11) is 0. The van der Waals surface area contributed by atoms with E-state index in [0.717, 1.165) is 96.3 Å². The van der Waals surface area contributed by atoms with Crippen molar-refractivity contribution in [3.63, 3.8) is 0 Å². The van der Waals surface area contributed by atoms with Gasteiger partial charge in [-0.15, -0.1) is 0 Å². The number of ether oxygens (including phenoxy) is 3. The Kier molecular flexibility index (Phi) is 55.9. The summed E-state index contributed by atoms with van der Waals surface area (Å²) >= 11 is 0. The summed E-state index contributed by atoms with van der Waals surface area (Å²) in [5, 5.41) is 0. The second kappa shape index (κ2) is 59.4. The monoisotopic (exact) mass is 997 g/mol. The molecule has 72 heavy (non-hydrogen) atoms. The largest absolute Gasteiger partial charge is 0.462 e. The second-order valence-corrected chi connectivity index (χ2v) is 19.4. The third-order valence-electron chi connectivity index (χ3n) is 12.5. The summed E-state index contributed by atoms with van der Waals surface area (Å²) in [6.07, 6.45) is 81.8. The van der Waals surface area contributed by atoms with Crippen LogP contribution in [0, 0.1) is 0 Å². The summed E-state index contributed by atoms with van der Waals surface area (Å²) < 4.78 is 16.8. The van der Waals surface area contributed by atoms with Gasteiger partial charge in [0.1, 0.15) is 13.2 Å². The van der Waals surface area contributed by atoms with Gasteiger partial charge in [0.15, 0.2) is 6.10 Å². The van der Waals surface area contributed by atoms with Crippen molar-refractivity contribution in [1.29, 1.82) is 0 Å². The lowest BCUT2D eigenvalue weighted by Gasteiger charge is -2.18. The predicted molar refractivity (Wildman–Crippen MR) is 311 cm³/mol. The van der Waals surface area contributed by atoms with E-state index < -0.39 is 6.10 Å². The van der Waals surface area contributed by atoms with Crippen molar-refractivity contribution < 1.29 is 28.6 Å². The van der Waals surface area contributed by atoms with Gasteiger partial charge >= 0.3 is 17.9 Å². The van der Waals surface area contributed by atoms with Crippen LogP contribution in [0.5, 0.6) is 0 Å². The first-order valence-electron chi connectivity index (χ1n) is 29.7. The Hall–Kier alpha value is -4.19. The molecule has 0 saturated carbocycles. The first kappa shape index (κ1) is 67.8. The van der Waals surface area contributed by atoms with Crippen molar-refractivity contribution in [3.8, 4) is 0 Å². The fourth-order valence-electron chi connectivity index (χ4n) is 8.02. The Balaban J connectivity index is 4.54. The molecular weight excluding hydrogens is 889 g/mol. The average Bonchev–Trinajstić information content (AvgIpc) is 3.38. The van der Waals surface area contributed by atoms with E-state index in [-0.39, 0.29) is 31.1 Å². The Morgan fingerprint density at radius 2 is 0.542 bits per heavy atom.